The van der Waals surface area contributed by atoms with Gasteiger partial charge in [0.15, 0.2) is 6.10 Å². The van der Waals surface area contributed by atoms with Gasteiger partial charge in [-0.05, 0) is 64.2 Å². The number of unbranched alkanes of at least 4 members (excludes halogenated alkanes) is 24. The molecule has 0 spiro atoms. The Morgan fingerprint density at radius 3 is 1.15 bits per heavy atom. The maximum absolute atomic E-state index is 12.7. The normalized spacial score (nSPS) is 12.3. The molecule has 0 N–H and O–H groups in total. The Labute approximate surface area is 327 Å². The number of hydrogen-bond acceptors (Lipinski definition) is 6. The van der Waals surface area contributed by atoms with Crippen LogP contribution in [0.2, 0.25) is 0 Å². The summed E-state index contributed by atoms with van der Waals surface area (Å²) in [5.74, 6) is -0.906. The Hall–Kier alpha value is -2.37. The van der Waals surface area contributed by atoms with E-state index in [9.17, 15) is 14.4 Å². The van der Waals surface area contributed by atoms with Gasteiger partial charge in [-0.3, -0.25) is 14.4 Å². The van der Waals surface area contributed by atoms with E-state index in [2.05, 4.69) is 57.2 Å². The summed E-state index contributed by atoms with van der Waals surface area (Å²) in [6.07, 6.45) is 46.9. The first-order valence-corrected chi connectivity index (χ1v) is 22.5. The van der Waals surface area contributed by atoms with E-state index >= 15 is 0 Å². The molecule has 308 valence electrons. The van der Waals surface area contributed by atoms with Gasteiger partial charge in [0.25, 0.3) is 0 Å². The second-order valence-corrected chi connectivity index (χ2v) is 15.0. The molecule has 0 saturated carbocycles. The van der Waals surface area contributed by atoms with Gasteiger partial charge in [0.1, 0.15) is 13.2 Å². The predicted octanol–water partition coefficient (Wildman–Crippen LogP) is 14.2. The van der Waals surface area contributed by atoms with E-state index in [0.717, 1.165) is 83.5 Å². The van der Waals surface area contributed by atoms with E-state index in [1.807, 2.05) is 0 Å². The van der Waals surface area contributed by atoms with Crippen molar-refractivity contribution in [2.45, 2.75) is 232 Å². The Balaban J connectivity index is 4.36. The molecule has 6 heteroatoms. The molecule has 0 saturated heterocycles. The molecule has 0 aliphatic rings. The molecular weight excluding hydrogens is 661 g/mol. The van der Waals surface area contributed by atoms with Gasteiger partial charge in [0.05, 0.1) is 0 Å². The SMILES string of the molecule is CCCC/C=C\CCCCCCC(=O)OC(COC(=O)CCCCCCCC/C=C\C=C/CCCCC)COC(=O)CCCCCCCCCCCC. The van der Waals surface area contributed by atoms with Crippen molar-refractivity contribution < 1.29 is 28.6 Å². The fraction of sp³-hybridized carbons (Fsp3) is 0.809. The lowest BCUT2D eigenvalue weighted by Crippen LogP contribution is -2.30. The molecule has 0 fully saturated rings. The molecule has 0 aromatic carbocycles. The van der Waals surface area contributed by atoms with Crippen molar-refractivity contribution in [1.29, 1.82) is 0 Å². The zero-order valence-electron chi connectivity index (χ0n) is 35.0. The second kappa shape index (κ2) is 42.4. The maximum atomic E-state index is 12.7. The van der Waals surface area contributed by atoms with Crippen molar-refractivity contribution in [3.8, 4) is 0 Å². The van der Waals surface area contributed by atoms with Crippen LogP contribution in [0.4, 0.5) is 0 Å². The summed E-state index contributed by atoms with van der Waals surface area (Å²) in [5.41, 5.74) is 0. The Kier molecular flexibility index (Phi) is 40.5. The van der Waals surface area contributed by atoms with Gasteiger partial charge in [-0.1, -0.05) is 179 Å². The molecule has 0 aromatic heterocycles. The number of carbonyl (C=O) groups excluding carboxylic acids is 3. The van der Waals surface area contributed by atoms with Gasteiger partial charge in [0, 0.05) is 19.3 Å². The summed E-state index contributed by atoms with van der Waals surface area (Å²) in [7, 11) is 0. The van der Waals surface area contributed by atoms with Crippen LogP contribution in [0.5, 0.6) is 0 Å². The Bertz CT molecular complexity index is 907. The van der Waals surface area contributed by atoms with E-state index in [-0.39, 0.29) is 31.1 Å². The third-order valence-electron chi connectivity index (χ3n) is 9.65. The number of rotatable bonds is 40. The van der Waals surface area contributed by atoms with E-state index in [1.54, 1.807) is 0 Å². The minimum atomic E-state index is -0.776. The summed E-state index contributed by atoms with van der Waals surface area (Å²) in [6.45, 7) is 6.52. The van der Waals surface area contributed by atoms with Crippen LogP contribution in [0.1, 0.15) is 226 Å². The van der Waals surface area contributed by atoms with Crippen molar-refractivity contribution in [2.75, 3.05) is 13.2 Å². The first-order chi connectivity index (χ1) is 26.0. The molecule has 6 nitrogen and oxygen atoms in total. The van der Waals surface area contributed by atoms with Crippen LogP contribution in [0.25, 0.3) is 0 Å². The number of allylic oxidation sites excluding steroid dienone is 6. The lowest BCUT2D eigenvalue weighted by Gasteiger charge is -2.18. The first-order valence-electron chi connectivity index (χ1n) is 22.5. The smallest absolute Gasteiger partial charge is 0.306 e. The number of hydrogen-bond donors (Lipinski definition) is 0. The molecular formula is C47H84O6. The van der Waals surface area contributed by atoms with E-state index < -0.39 is 6.10 Å². The zero-order chi connectivity index (χ0) is 38.7. The molecule has 0 aromatic rings. The maximum Gasteiger partial charge on any atom is 0.306 e. The molecule has 0 heterocycles. The Morgan fingerprint density at radius 2 is 0.698 bits per heavy atom. The first kappa shape index (κ1) is 50.6. The van der Waals surface area contributed by atoms with E-state index in [4.69, 9.17) is 14.2 Å². The molecule has 0 aliphatic heterocycles. The van der Waals surface area contributed by atoms with Gasteiger partial charge in [-0.25, -0.2) is 0 Å². The second-order valence-electron chi connectivity index (χ2n) is 15.0. The molecule has 53 heavy (non-hydrogen) atoms. The summed E-state index contributed by atoms with van der Waals surface area (Å²) in [5, 5.41) is 0. The minimum absolute atomic E-state index is 0.0790. The highest BCUT2D eigenvalue weighted by molar-refractivity contribution is 5.71. The van der Waals surface area contributed by atoms with Crippen LogP contribution in [-0.2, 0) is 28.6 Å². The number of esters is 3. The van der Waals surface area contributed by atoms with Crippen molar-refractivity contribution in [3.63, 3.8) is 0 Å². The fourth-order valence-corrected chi connectivity index (χ4v) is 6.18. The van der Waals surface area contributed by atoms with Crippen LogP contribution in [0.3, 0.4) is 0 Å². The van der Waals surface area contributed by atoms with Crippen LogP contribution >= 0.6 is 0 Å². The predicted molar refractivity (Wildman–Crippen MR) is 224 cm³/mol. The standard InChI is InChI=1S/C47H84O6/c1-4-7-10-13-16-19-22-23-24-25-26-29-31-34-37-40-46(49)52-43-44(53-47(50)41-38-35-32-28-21-18-15-12-9-6-3)42-51-45(48)39-36-33-30-27-20-17-14-11-8-5-2/h15-16,18-19,22-23,44H,4-14,17,20-21,24-43H2,1-3H3/b18-15-,19-16-,23-22-. The third-order valence-corrected chi connectivity index (χ3v) is 9.65. The van der Waals surface area contributed by atoms with Gasteiger partial charge in [0.2, 0.25) is 0 Å². The van der Waals surface area contributed by atoms with Gasteiger partial charge < -0.3 is 14.2 Å². The van der Waals surface area contributed by atoms with Gasteiger partial charge in [-0.2, -0.15) is 0 Å². The monoisotopic (exact) mass is 745 g/mol. The Morgan fingerprint density at radius 1 is 0.377 bits per heavy atom. The molecule has 0 aliphatic carbocycles. The van der Waals surface area contributed by atoms with Crippen molar-refractivity contribution in [3.05, 3.63) is 36.5 Å². The van der Waals surface area contributed by atoms with E-state index in [1.165, 1.54) is 103 Å². The molecule has 1 unspecified atom stereocenters. The van der Waals surface area contributed by atoms with Crippen LogP contribution < -0.4 is 0 Å². The highest BCUT2D eigenvalue weighted by Crippen LogP contribution is 2.14. The molecule has 0 rings (SSSR count). The van der Waals surface area contributed by atoms with Crippen LogP contribution in [-0.4, -0.2) is 37.2 Å². The highest BCUT2D eigenvalue weighted by atomic mass is 16.6. The zero-order valence-corrected chi connectivity index (χ0v) is 35.0. The van der Waals surface area contributed by atoms with Crippen molar-refractivity contribution in [1.82, 2.24) is 0 Å². The summed E-state index contributed by atoms with van der Waals surface area (Å²) < 4.78 is 16.7. The average molecular weight is 745 g/mol. The average Bonchev–Trinajstić information content (AvgIpc) is 3.15. The lowest BCUT2D eigenvalue weighted by molar-refractivity contribution is -0.167. The summed E-state index contributed by atoms with van der Waals surface area (Å²) >= 11 is 0. The van der Waals surface area contributed by atoms with Crippen LogP contribution in [0.15, 0.2) is 36.5 Å². The molecule has 0 bridgehead atoms. The third kappa shape index (κ3) is 40.6. The van der Waals surface area contributed by atoms with Crippen LogP contribution in [0, 0.1) is 0 Å². The fourth-order valence-electron chi connectivity index (χ4n) is 6.18. The summed E-state index contributed by atoms with van der Waals surface area (Å²) in [6, 6.07) is 0. The lowest BCUT2D eigenvalue weighted by atomic mass is 10.1. The molecule has 1 atom stereocenters. The van der Waals surface area contributed by atoms with Gasteiger partial charge in [-0.15, -0.1) is 0 Å². The van der Waals surface area contributed by atoms with E-state index in [0.29, 0.717) is 19.3 Å². The summed E-state index contributed by atoms with van der Waals surface area (Å²) in [4.78, 5) is 37.6. The molecule has 0 radical (unpaired) electrons. The van der Waals surface area contributed by atoms with Crippen molar-refractivity contribution >= 4 is 17.9 Å². The quantitative estimate of drug-likeness (QED) is 0.0204. The minimum Gasteiger partial charge on any atom is -0.462 e. The topological polar surface area (TPSA) is 78.9 Å². The van der Waals surface area contributed by atoms with Crippen molar-refractivity contribution in [2.24, 2.45) is 0 Å². The van der Waals surface area contributed by atoms with Gasteiger partial charge >= 0.3 is 17.9 Å². The molecule has 0 amide bonds. The largest absolute Gasteiger partial charge is 0.462 e. The number of carbonyl (C=O) groups is 3. The highest BCUT2D eigenvalue weighted by Gasteiger charge is 2.19. The number of ether oxygens (including phenoxy) is 3.